The van der Waals surface area contributed by atoms with Crippen molar-refractivity contribution in [2.24, 2.45) is 0 Å². The van der Waals surface area contributed by atoms with Crippen molar-refractivity contribution in [1.82, 2.24) is 0 Å². The topological polar surface area (TPSA) is 0 Å². The van der Waals surface area contributed by atoms with Crippen LogP contribution in [0.5, 0.6) is 0 Å². The zero-order valence-electron chi connectivity index (χ0n) is 24.4. The lowest BCUT2D eigenvalue weighted by Gasteiger charge is -2.11. The minimum Gasteiger partial charge on any atom is -0.134 e. The number of thiophene rings is 1. The van der Waals surface area contributed by atoms with E-state index in [0.29, 0.717) is 0 Å². The molecule has 0 aliphatic carbocycles. The smallest absolute Gasteiger partial charge is 0.0440 e. The maximum atomic E-state index is 2.42. The minimum atomic E-state index is 1.25. The molecule has 1 heteroatoms. The molecule has 1 aromatic heterocycles. The lowest BCUT2D eigenvalue weighted by atomic mass is 9.93. The molecule has 45 heavy (non-hydrogen) atoms. The maximum Gasteiger partial charge on any atom is 0.0440 e. The van der Waals surface area contributed by atoms with E-state index in [-0.39, 0.29) is 0 Å². The SMILES string of the molecule is c1ccc(-c2cccc3c2sc2c3ccc3ccc4ccc(-c5ccc6ccc7c8ccccc8ccc7c6c5)cc4c32)cc1. The second kappa shape index (κ2) is 9.50. The Labute approximate surface area is 264 Å². The fourth-order valence-electron chi connectivity index (χ4n) is 7.41. The molecule has 10 rings (SSSR count). The molecule has 10 aromatic rings. The molecule has 0 aliphatic rings. The molecule has 0 radical (unpaired) electrons. The summed E-state index contributed by atoms with van der Waals surface area (Å²) in [6, 6.07) is 58.4. The molecule has 0 unspecified atom stereocenters. The molecule has 0 fully saturated rings. The molecule has 0 aliphatic heterocycles. The summed E-state index contributed by atoms with van der Waals surface area (Å²) in [5, 5.41) is 15.7. The third kappa shape index (κ3) is 3.72. The Bertz CT molecular complexity index is 2800. The first-order valence-electron chi connectivity index (χ1n) is 15.5. The fraction of sp³-hybridized carbons (Fsp3) is 0. The van der Waals surface area contributed by atoms with Crippen LogP contribution in [0.1, 0.15) is 0 Å². The first-order valence-corrected chi connectivity index (χ1v) is 16.3. The predicted octanol–water partition coefficient (Wildman–Crippen LogP) is 13.2. The van der Waals surface area contributed by atoms with Gasteiger partial charge in [0.25, 0.3) is 0 Å². The predicted molar refractivity (Wildman–Crippen MR) is 198 cm³/mol. The van der Waals surface area contributed by atoms with Gasteiger partial charge in [0.2, 0.25) is 0 Å². The van der Waals surface area contributed by atoms with E-state index < -0.39 is 0 Å². The lowest BCUT2D eigenvalue weighted by Crippen LogP contribution is -1.84. The molecule has 0 saturated carbocycles. The second-order valence-corrected chi connectivity index (χ2v) is 13.1. The Morgan fingerprint density at radius 1 is 0.289 bits per heavy atom. The van der Waals surface area contributed by atoms with Crippen LogP contribution in [-0.2, 0) is 0 Å². The molecule has 0 N–H and O–H groups in total. The van der Waals surface area contributed by atoms with E-state index >= 15 is 0 Å². The van der Waals surface area contributed by atoms with Gasteiger partial charge in [-0.05, 0) is 82.9 Å². The number of rotatable bonds is 2. The molecule has 0 bridgehead atoms. The van der Waals surface area contributed by atoms with Crippen molar-refractivity contribution in [1.29, 1.82) is 0 Å². The van der Waals surface area contributed by atoms with Crippen LogP contribution in [0.4, 0.5) is 0 Å². The van der Waals surface area contributed by atoms with Crippen LogP contribution >= 0.6 is 11.3 Å². The van der Waals surface area contributed by atoms with Gasteiger partial charge in [0.05, 0.1) is 0 Å². The van der Waals surface area contributed by atoms with E-state index in [9.17, 15) is 0 Å². The molecule has 0 atom stereocenters. The van der Waals surface area contributed by atoms with Crippen molar-refractivity contribution in [2.75, 3.05) is 0 Å². The van der Waals surface area contributed by atoms with Crippen LogP contribution in [0.15, 0.2) is 158 Å². The average molecular weight is 587 g/mol. The number of fused-ring (bicyclic) bond motifs is 12. The molecule has 0 nitrogen and oxygen atoms in total. The highest BCUT2D eigenvalue weighted by Gasteiger charge is 2.15. The number of hydrogen-bond acceptors (Lipinski definition) is 1. The summed E-state index contributed by atoms with van der Waals surface area (Å²) in [6.07, 6.45) is 0. The first kappa shape index (κ1) is 24.9. The fourth-order valence-corrected chi connectivity index (χ4v) is 8.82. The highest BCUT2D eigenvalue weighted by atomic mass is 32.1. The average Bonchev–Trinajstić information content (AvgIpc) is 3.50. The normalized spacial score (nSPS) is 12.0. The summed E-state index contributed by atoms with van der Waals surface area (Å²) in [5.41, 5.74) is 5.07. The highest BCUT2D eigenvalue weighted by Crippen LogP contribution is 2.45. The summed E-state index contributed by atoms with van der Waals surface area (Å²) in [4.78, 5) is 0. The van der Waals surface area contributed by atoms with E-state index in [0.717, 1.165) is 0 Å². The van der Waals surface area contributed by atoms with Gasteiger partial charge in [0.15, 0.2) is 0 Å². The second-order valence-electron chi connectivity index (χ2n) is 12.1. The monoisotopic (exact) mass is 586 g/mol. The van der Waals surface area contributed by atoms with Crippen molar-refractivity contribution in [2.45, 2.75) is 0 Å². The van der Waals surface area contributed by atoms with Gasteiger partial charge in [-0.1, -0.05) is 146 Å². The Balaban J connectivity index is 1.22. The first-order chi connectivity index (χ1) is 22.3. The van der Waals surface area contributed by atoms with Crippen molar-refractivity contribution >= 4 is 85.4 Å². The van der Waals surface area contributed by atoms with Gasteiger partial charge in [0.1, 0.15) is 0 Å². The Morgan fingerprint density at radius 2 is 0.844 bits per heavy atom. The molecular formula is C44H26S. The molecule has 9 aromatic carbocycles. The van der Waals surface area contributed by atoms with Gasteiger partial charge in [-0.25, -0.2) is 0 Å². The largest absolute Gasteiger partial charge is 0.134 e. The maximum absolute atomic E-state index is 2.42. The third-order valence-corrected chi connectivity index (χ3v) is 10.9. The van der Waals surface area contributed by atoms with E-state index in [1.807, 2.05) is 11.3 Å². The number of hydrogen-bond donors (Lipinski definition) is 0. The standard InChI is InChI=1S/C44H26S/c1-2-7-27(8-3-1)35-11-6-12-38-39-24-21-31-16-13-30-15-18-33(26-41(30)42(31)44(39)45-43(35)38)32-17-14-29-20-22-36-34-10-5-4-9-28(34)19-23-37(36)40(29)25-32/h1-26H. The molecule has 1 heterocycles. The van der Waals surface area contributed by atoms with Gasteiger partial charge >= 0.3 is 0 Å². The Hall–Kier alpha value is -5.50. The van der Waals surface area contributed by atoms with Gasteiger partial charge in [-0.15, -0.1) is 11.3 Å². The minimum absolute atomic E-state index is 1.25. The van der Waals surface area contributed by atoms with Gasteiger partial charge < -0.3 is 0 Å². The van der Waals surface area contributed by atoms with Crippen molar-refractivity contribution < 1.29 is 0 Å². The zero-order valence-corrected chi connectivity index (χ0v) is 25.2. The molecule has 0 amide bonds. The van der Waals surface area contributed by atoms with E-state index in [4.69, 9.17) is 0 Å². The van der Waals surface area contributed by atoms with Gasteiger partial charge in [0, 0.05) is 25.6 Å². The Kier molecular flexibility index (Phi) is 5.25. The summed E-state index contributed by atoms with van der Waals surface area (Å²) >= 11 is 1.93. The van der Waals surface area contributed by atoms with E-state index in [1.54, 1.807) is 0 Å². The summed E-state index contributed by atoms with van der Waals surface area (Å²) < 4.78 is 2.72. The molecular weight excluding hydrogens is 561 g/mol. The third-order valence-electron chi connectivity index (χ3n) is 9.63. The van der Waals surface area contributed by atoms with E-state index in [1.165, 1.54) is 96.3 Å². The van der Waals surface area contributed by atoms with Gasteiger partial charge in [-0.2, -0.15) is 0 Å². The van der Waals surface area contributed by atoms with Crippen LogP contribution in [0.25, 0.3) is 96.3 Å². The Morgan fingerprint density at radius 3 is 1.69 bits per heavy atom. The van der Waals surface area contributed by atoms with Crippen molar-refractivity contribution in [3.8, 4) is 22.3 Å². The van der Waals surface area contributed by atoms with Crippen LogP contribution < -0.4 is 0 Å². The van der Waals surface area contributed by atoms with Crippen LogP contribution in [-0.4, -0.2) is 0 Å². The number of benzene rings is 9. The lowest BCUT2D eigenvalue weighted by molar-refractivity contribution is 1.67. The zero-order chi connectivity index (χ0) is 29.5. The van der Waals surface area contributed by atoms with Crippen LogP contribution in [0.2, 0.25) is 0 Å². The van der Waals surface area contributed by atoms with Gasteiger partial charge in [-0.3, -0.25) is 0 Å². The summed E-state index contributed by atoms with van der Waals surface area (Å²) in [6.45, 7) is 0. The van der Waals surface area contributed by atoms with Crippen molar-refractivity contribution in [3.05, 3.63) is 158 Å². The quantitative estimate of drug-likeness (QED) is 0.177. The van der Waals surface area contributed by atoms with E-state index in [2.05, 4.69) is 158 Å². The van der Waals surface area contributed by atoms with Crippen LogP contribution in [0, 0.1) is 0 Å². The van der Waals surface area contributed by atoms with Crippen molar-refractivity contribution in [3.63, 3.8) is 0 Å². The molecule has 208 valence electrons. The molecule has 0 spiro atoms. The molecule has 0 saturated heterocycles. The van der Waals surface area contributed by atoms with Crippen LogP contribution in [0.3, 0.4) is 0 Å². The summed E-state index contributed by atoms with van der Waals surface area (Å²) in [5.74, 6) is 0. The summed E-state index contributed by atoms with van der Waals surface area (Å²) in [7, 11) is 0. The highest BCUT2D eigenvalue weighted by molar-refractivity contribution is 7.27.